The molecular weight excluding hydrogens is 460 g/mol. The molecule has 1 aliphatic rings. The molecule has 5 rings (SSSR count). The third-order valence-electron chi connectivity index (χ3n) is 6.18. The topological polar surface area (TPSA) is 82.3 Å². The summed E-state index contributed by atoms with van der Waals surface area (Å²) in [5.41, 5.74) is 2.42. The number of hydrogen-bond donors (Lipinski definition) is 0. The van der Waals surface area contributed by atoms with Gasteiger partial charge >= 0.3 is 0 Å². The van der Waals surface area contributed by atoms with Crippen molar-refractivity contribution in [3.05, 3.63) is 66.2 Å². The maximum absolute atomic E-state index is 13.3. The molecule has 3 aromatic carbocycles. The molecule has 0 bridgehead atoms. The Bertz CT molecular complexity index is 1430. The Labute approximate surface area is 208 Å². The molecule has 1 unspecified atom stereocenters. The van der Waals surface area contributed by atoms with Crippen molar-refractivity contribution in [1.82, 2.24) is 10.1 Å². The molecule has 0 radical (unpaired) electrons. The van der Waals surface area contributed by atoms with Crippen LogP contribution in [-0.2, 0) is 4.79 Å². The Morgan fingerprint density at radius 3 is 2.69 bits per heavy atom. The first-order chi connectivity index (χ1) is 17.0. The van der Waals surface area contributed by atoms with Gasteiger partial charge in [-0.3, -0.25) is 4.79 Å². The highest BCUT2D eigenvalue weighted by molar-refractivity contribution is 7.98. The summed E-state index contributed by atoms with van der Waals surface area (Å²) in [6, 6.07) is 19.4. The molecule has 1 aliphatic heterocycles. The number of unbranched alkanes of at least 4 members (excludes halogenated alkanes) is 1. The van der Waals surface area contributed by atoms with Crippen molar-refractivity contribution in [2.75, 3.05) is 17.8 Å². The second-order valence-corrected chi connectivity index (χ2v) is 9.15. The molecule has 178 valence electrons. The molecule has 1 atom stereocenters. The molecule has 0 N–H and O–H groups in total. The van der Waals surface area contributed by atoms with Crippen LogP contribution in [0.4, 0.5) is 5.69 Å². The van der Waals surface area contributed by atoms with E-state index in [0.717, 1.165) is 29.2 Å². The molecular formula is C27H26N4O3S. The molecule has 0 saturated carbocycles. The van der Waals surface area contributed by atoms with Gasteiger partial charge in [-0.2, -0.15) is 0 Å². The SMILES string of the molecule is CCCCOc1ccc2ccccc2c1C1N(C(C)=O)c2ccccc2-c2c([O-])nc(SC)n[n+]21. The molecule has 2 heterocycles. The van der Waals surface area contributed by atoms with Crippen LogP contribution in [0, 0.1) is 0 Å². The highest BCUT2D eigenvalue weighted by Gasteiger charge is 2.46. The smallest absolute Gasteiger partial charge is 0.297 e. The van der Waals surface area contributed by atoms with Gasteiger partial charge in [-0.25, -0.2) is 9.88 Å². The molecule has 0 aliphatic carbocycles. The van der Waals surface area contributed by atoms with Crippen molar-refractivity contribution < 1.29 is 19.3 Å². The number of ether oxygens (including phenoxy) is 1. The summed E-state index contributed by atoms with van der Waals surface area (Å²) in [6.45, 7) is 4.20. The summed E-state index contributed by atoms with van der Waals surface area (Å²) >= 11 is 1.29. The molecule has 1 amide bonds. The van der Waals surface area contributed by atoms with Gasteiger partial charge in [-0.15, -0.1) is 0 Å². The second kappa shape index (κ2) is 9.54. The van der Waals surface area contributed by atoms with Crippen molar-refractivity contribution in [3.8, 4) is 22.9 Å². The lowest BCUT2D eigenvalue weighted by atomic mass is 9.96. The summed E-state index contributed by atoms with van der Waals surface area (Å²) in [6.07, 6.45) is 3.01. The predicted molar refractivity (Wildman–Crippen MR) is 135 cm³/mol. The summed E-state index contributed by atoms with van der Waals surface area (Å²) in [5, 5.41) is 20.3. The largest absolute Gasteiger partial charge is 0.854 e. The quantitative estimate of drug-likeness (QED) is 0.227. The zero-order valence-electron chi connectivity index (χ0n) is 19.9. The lowest BCUT2D eigenvalue weighted by Crippen LogP contribution is -2.59. The van der Waals surface area contributed by atoms with Crippen molar-refractivity contribution in [1.29, 1.82) is 0 Å². The van der Waals surface area contributed by atoms with Gasteiger partial charge in [-0.05, 0) is 41.6 Å². The van der Waals surface area contributed by atoms with Crippen molar-refractivity contribution in [2.24, 2.45) is 0 Å². The standard InChI is InChI=1S/C27H26N4O3S/c1-4-5-16-34-22-15-14-18-10-6-7-11-19(18)23(22)26-30(17(2)32)21-13-9-8-12-20(21)24-25(33)28-27(35-3)29-31(24)26/h6-15,26H,4-5,16H2,1-3H3. The number of hydrogen-bond acceptors (Lipinski definition) is 6. The van der Waals surface area contributed by atoms with Crippen LogP contribution in [0.5, 0.6) is 11.6 Å². The molecule has 4 aromatic rings. The molecule has 0 fully saturated rings. The van der Waals surface area contributed by atoms with Crippen LogP contribution >= 0.6 is 11.8 Å². The molecule has 7 nitrogen and oxygen atoms in total. The number of aromatic nitrogens is 3. The van der Waals surface area contributed by atoms with Crippen LogP contribution in [0.25, 0.3) is 22.0 Å². The van der Waals surface area contributed by atoms with Crippen LogP contribution in [0.2, 0.25) is 0 Å². The third kappa shape index (κ3) is 3.97. The van der Waals surface area contributed by atoms with E-state index < -0.39 is 6.17 Å². The van der Waals surface area contributed by atoms with Crippen molar-refractivity contribution in [2.45, 2.75) is 38.0 Å². The zero-order valence-corrected chi connectivity index (χ0v) is 20.7. The Hall–Kier alpha value is -3.65. The number of para-hydroxylation sites is 1. The van der Waals surface area contributed by atoms with Gasteiger partial charge in [0.25, 0.3) is 17.0 Å². The summed E-state index contributed by atoms with van der Waals surface area (Å²) in [5.74, 6) is 0.131. The minimum absolute atomic E-state index is 0.162. The van der Waals surface area contributed by atoms with E-state index in [1.807, 2.05) is 66.9 Å². The number of anilines is 1. The fraction of sp³-hybridized carbons (Fsp3) is 0.259. The monoisotopic (exact) mass is 486 g/mol. The highest BCUT2D eigenvalue weighted by Crippen LogP contribution is 2.44. The number of nitrogens with zero attached hydrogens (tertiary/aromatic N) is 4. The van der Waals surface area contributed by atoms with E-state index in [4.69, 9.17) is 9.84 Å². The van der Waals surface area contributed by atoms with Crippen LogP contribution in [0.1, 0.15) is 38.4 Å². The van der Waals surface area contributed by atoms with Crippen LogP contribution in [0.3, 0.4) is 0 Å². The Kier molecular flexibility index (Phi) is 6.30. The van der Waals surface area contributed by atoms with Crippen LogP contribution < -0.4 is 19.4 Å². The van der Waals surface area contributed by atoms with Gasteiger partial charge in [0.2, 0.25) is 5.91 Å². The molecule has 0 spiro atoms. The molecule has 0 saturated heterocycles. The number of amides is 1. The zero-order chi connectivity index (χ0) is 24.5. The van der Waals surface area contributed by atoms with Crippen LogP contribution in [0.15, 0.2) is 65.8 Å². The number of benzene rings is 3. The summed E-state index contributed by atoms with van der Waals surface area (Å²) in [7, 11) is 0. The van der Waals surface area contributed by atoms with E-state index in [-0.39, 0.29) is 11.8 Å². The van der Waals surface area contributed by atoms with Gasteiger partial charge < -0.3 is 9.84 Å². The normalized spacial score (nSPS) is 14.5. The first-order valence-corrected chi connectivity index (χ1v) is 12.9. The first kappa shape index (κ1) is 23.1. The average Bonchev–Trinajstić information content (AvgIpc) is 2.87. The van der Waals surface area contributed by atoms with Gasteiger partial charge in [0.15, 0.2) is 0 Å². The predicted octanol–water partition coefficient (Wildman–Crippen LogP) is 4.47. The number of carbonyl (C=O) groups is 1. The Balaban J connectivity index is 1.87. The number of thioether (sulfide) groups is 1. The van der Waals surface area contributed by atoms with Gasteiger partial charge in [0.05, 0.1) is 29.3 Å². The van der Waals surface area contributed by atoms with Crippen LogP contribution in [-0.4, -0.2) is 28.9 Å². The summed E-state index contributed by atoms with van der Waals surface area (Å²) in [4.78, 5) is 19.1. The highest BCUT2D eigenvalue weighted by atomic mass is 32.2. The lowest BCUT2D eigenvalue weighted by molar-refractivity contribution is -0.764. The minimum Gasteiger partial charge on any atom is -0.854 e. The van der Waals surface area contributed by atoms with E-state index in [1.54, 1.807) is 9.58 Å². The minimum atomic E-state index is -0.721. The van der Waals surface area contributed by atoms with Crippen molar-refractivity contribution >= 4 is 34.1 Å². The van der Waals surface area contributed by atoms with E-state index in [1.165, 1.54) is 18.7 Å². The molecule has 8 heteroatoms. The van der Waals surface area contributed by atoms with E-state index in [0.29, 0.717) is 34.5 Å². The van der Waals surface area contributed by atoms with Gasteiger partial charge in [-0.1, -0.05) is 72.3 Å². The average molecular weight is 487 g/mol. The lowest BCUT2D eigenvalue weighted by Gasteiger charge is -2.34. The Morgan fingerprint density at radius 1 is 1.14 bits per heavy atom. The Morgan fingerprint density at radius 2 is 1.91 bits per heavy atom. The fourth-order valence-electron chi connectivity index (χ4n) is 4.62. The summed E-state index contributed by atoms with van der Waals surface area (Å²) < 4.78 is 7.93. The fourth-order valence-corrected chi connectivity index (χ4v) is 4.96. The van der Waals surface area contributed by atoms with Gasteiger partial charge in [0, 0.05) is 12.0 Å². The maximum Gasteiger partial charge on any atom is 0.297 e. The second-order valence-electron chi connectivity index (χ2n) is 8.38. The van der Waals surface area contributed by atoms with E-state index >= 15 is 0 Å². The number of fused-ring (bicyclic) bond motifs is 4. The van der Waals surface area contributed by atoms with E-state index in [9.17, 15) is 9.90 Å². The van der Waals surface area contributed by atoms with Gasteiger partial charge in [0.1, 0.15) is 5.75 Å². The van der Waals surface area contributed by atoms with Crippen molar-refractivity contribution in [3.63, 3.8) is 0 Å². The molecule has 35 heavy (non-hydrogen) atoms. The number of carbonyl (C=O) groups excluding carboxylic acids is 1. The van der Waals surface area contributed by atoms with E-state index in [2.05, 4.69) is 11.9 Å². The number of rotatable bonds is 6. The molecule has 1 aromatic heterocycles. The first-order valence-electron chi connectivity index (χ1n) is 11.6. The third-order valence-corrected chi connectivity index (χ3v) is 6.72. The maximum atomic E-state index is 13.3.